The van der Waals surface area contributed by atoms with Gasteiger partial charge in [0.25, 0.3) is 0 Å². The largest absolute Gasteiger partial charge is 0.444 e. The fourth-order valence-corrected chi connectivity index (χ4v) is 7.77. The van der Waals surface area contributed by atoms with Gasteiger partial charge in [0.05, 0.1) is 5.32 Å². The van der Waals surface area contributed by atoms with E-state index in [9.17, 15) is 4.79 Å². The van der Waals surface area contributed by atoms with Gasteiger partial charge in [-0.2, -0.15) is 5.10 Å². The summed E-state index contributed by atoms with van der Waals surface area (Å²) in [6.45, 7) is 16.9. The summed E-state index contributed by atoms with van der Waals surface area (Å²) in [4.78, 5) is 11.9. The minimum absolute atomic E-state index is 0.310. The van der Waals surface area contributed by atoms with Crippen LogP contribution in [0.1, 0.15) is 62.3 Å². The standard InChI is InChI=1S/C17H32FN3O2Si/c1-15(2,3)23-14(22)19-12-11-13(21(10)20-12)24(18,16(4,5)6)17(7,8)9/h11H,1-10H3,(H,19,20,22). The predicted molar refractivity (Wildman–Crippen MR) is 99.0 cm³/mol. The zero-order chi connectivity index (χ0) is 19.1. The molecule has 0 aliphatic carbocycles. The Morgan fingerprint density at radius 1 is 1.12 bits per heavy atom. The summed E-state index contributed by atoms with van der Waals surface area (Å²) in [6.07, 6.45) is -0.593. The first-order valence-electron chi connectivity index (χ1n) is 8.22. The van der Waals surface area contributed by atoms with Crippen molar-refractivity contribution >= 4 is 25.6 Å². The molecule has 1 aromatic heterocycles. The molecule has 1 heterocycles. The molecule has 0 spiro atoms. The van der Waals surface area contributed by atoms with Crippen LogP contribution >= 0.6 is 0 Å². The van der Waals surface area contributed by atoms with E-state index in [2.05, 4.69) is 10.4 Å². The number of aryl methyl sites for hydroxylation is 1. The van der Waals surface area contributed by atoms with Gasteiger partial charge in [0.1, 0.15) is 5.60 Å². The van der Waals surface area contributed by atoms with Crippen LogP contribution in [0, 0.1) is 0 Å². The molecular formula is C17H32FN3O2Si. The number of aromatic nitrogens is 2. The van der Waals surface area contributed by atoms with E-state index in [0.29, 0.717) is 11.1 Å². The van der Waals surface area contributed by atoms with E-state index < -0.39 is 30.2 Å². The van der Waals surface area contributed by atoms with Gasteiger partial charge in [0.15, 0.2) is 5.82 Å². The van der Waals surface area contributed by atoms with Gasteiger partial charge in [-0.15, -0.1) is 0 Å². The van der Waals surface area contributed by atoms with Crippen LogP contribution in [0.3, 0.4) is 0 Å². The van der Waals surface area contributed by atoms with Crippen molar-refractivity contribution in [3.63, 3.8) is 0 Å². The van der Waals surface area contributed by atoms with Crippen molar-refractivity contribution in [1.82, 2.24) is 9.78 Å². The molecule has 7 heteroatoms. The zero-order valence-electron chi connectivity index (χ0n) is 16.7. The van der Waals surface area contributed by atoms with Crippen LogP contribution in [-0.4, -0.2) is 29.9 Å². The van der Waals surface area contributed by atoms with Gasteiger partial charge >= 0.3 is 14.5 Å². The lowest BCUT2D eigenvalue weighted by Gasteiger charge is -2.44. The summed E-state index contributed by atoms with van der Waals surface area (Å²) >= 11 is 0. The molecule has 0 aromatic carbocycles. The molecule has 0 aliphatic rings. The van der Waals surface area contributed by atoms with Crippen LogP contribution < -0.4 is 10.6 Å². The number of hydrogen-bond donors (Lipinski definition) is 1. The van der Waals surface area contributed by atoms with E-state index in [1.54, 1.807) is 38.6 Å². The van der Waals surface area contributed by atoms with Crippen LogP contribution in [0.2, 0.25) is 10.1 Å². The summed E-state index contributed by atoms with van der Waals surface area (Å²) in [5, 5.41) is 6.41. The summed E-state index contributed by atoms with van der Waals surface area (Å²) in [5.74, 6) is 0.310. The van der Waals surface area contributed by atoms with Gasteiger partial charge in [-0.1, -0.05) is 41.5 Å². The summed E-state index contributed by atoms with van der Waals surface area (Å²) < 4.78 is 23.1. The molecule has 138 valence electrons. The quantitative estimate of drug-likeness (QED) is 0.627. The van der Waals surface area contributed by atoms with E-state index >= 15 is 4.11 Å². The minimum Gasteiger partial charge on any atom is -0.444 e. The van der Waals surface area contributed by atoms with Crippen molar-refractivity contribution in [2.45, 2.75) is 78.0 Å². The van der Waals surface area contributed by atoms with Gasteiger partial charge in [0, 0.05) is 13.1 Å². The number of anilines is 1. The molecule has 1 amide bonds. The Balaban J connectivity index is 3.24. The Morgan fingerprint density at radius 3 is 1.96 bits per heavy atom. The molecule has 0 bridgehead atoms. The molecule has 0 radical (unpaired) electrons. The number of nitrogens with one attached hydrogen (secondary N) is 1. The molecule has 0 aliphatic heterocycles. The molecule has 1 N–H and O–H groups in total. The number of ether oxygens (including phenoxy) is 1. The average molecular weight is 358 g/mol. The van der Waals surface area contributed by atoms with Crippen LogP contribution in [0.5, 0.6) is 0 Å². The number of amides is 1. The van der Waals surface area contributed by atoms with Gasteiger partial charge in [-0.3, -0.25) is 10.00 Å². The highest BCUT2D eigenvalue weighted by Crippen LogP contribution is 2.51. The first kappa shape index (κ1) is 20.7. The Bertz CT molecular complexity index is 593. The number of carbonyl (C=O) groups excluding carboxylic acids is 1. The second kappa shape index (κ2) is 6.17. The minimum atomic E-state index is -3.44. The van der Waals surface area contributed by atoms with E-state index in [4.69, 9.17) is 4.74 Å². The second-order valence-corrected chi connectivity index (χ2v) is 14.2. The molecule has 1 rings (SSSR count). The number of halogens is 1. The highest BCUT2D eigenvalue weighted by Gasteiger charge is 2.58. The number of rotatable bonds is 2. The van der Waals surface area contributed by atoms with E-state index in [1.165, 1.54) is 0 Å². The third-order valence-corrected chi connectivity index (χ3v) is 9.24. The lowest BCUT2D eigenvalue weighted by Crippen LogP contribution is -2.60. The van der Waals surface area contributed by atoms with Gasteiger partial charge in [-0.05, 0) is 30.8 Å². The fourth-order valence-electron chi connectivity index (χ4n) is 3.15. The summed E-state index contributed by atoms with van der Waals surface area (Å²) in [6, 6.07) is 1.65. The van der Waals surface area contributed by atoms with Crippen molar-refractivity contribution in [3.8, 4) is 0 Å². The maximum atomic E-state index is 16.4. The highest BCUT2D eigenvalue weighted by atomic mass is 28.4. The van der Waals surface area contributed by atoms with Crippen molar-refractivity contribution in [2.75, 3.05) is 5.32 Å². The molecule has 0 atom stereocenters. The van der Waals surface area contributed by atoms with Gasteiger partial charge in [0.2, 0.25) is 0 Å². The van der Waals surface area contributed by atoms with E-state index in [-0.39, 0.29) is 0 Å². The predicted octanol–water partition coefficient (Wildman–Crippen LogP) is 4.49. The van der Waals surface area contributed by atoms with Crippen molar-refractivity contribution in [3.05, 3.63) is 6.07 Å². The number of hydrogen-bond acceptors (Lipinski definition) is 3. The Hall–Kier alpha value is -1.37. The Morgan fingerprint density at radius 2 is 1.58 bits per heavy atom. The van der Waals surface area contributed by atoms with Crippen molar-refractivity contribution in [2.24, 2.45) is 7.05 Å². The lowest BCUT2D eigenvalue weighted by molar-refractivity contribution is 0.0635. The maximum Gasteiger partial charge on any atom is 0.413 e. The molecule has 1 aromatic rings. The number of nitrogens with zero attached hydrogens (tertiary/aromatic N) is 2. The zero-order valence-corrected chi connectivity index (χ0v) is 17.7. The Labute approximate surface area is 146 Å². The van der Waals surface area contributed by atoms with Crippen molar-refractivity contribution in [1.29, 1.82) is 0 Å². The molecule has 0 saturated carbocycles. The SMILES string of the molecule is Cn1nc(NC(=O)OC(C)(C)C)cc1[Si](F)(C(C)(C)C)C(C)(C)C. The molecule has 0 fully saturated rings. The molecule has 5 nitrogen and oxygen atoms in total. The topological polar surface area (TPSA) is 56.2 Å². The number of carbonyl (C=O) groups is 1. The third kappa shape index (κ3) is 4.17. The van der Waals surface area contributed by atoms with Crippen LogP contribution in [0.25, 0.3) is 0 Å². The third-order valence-electron chi connectivity index (χ3n) is 3.93. The van der Waals surface area contributed by atoms with Gasteiger partial charge in [-0.25, -0.2) is 4.79 Å². The van der Waals surface area contributed by atoms with Crippen molar-refractivity contribution < 1.29 is 13.6 Å². The normalized spacial score (nSPS) is 13.8. The molecule has 0 saturated heterocycles. The second-order valence-electron chi connectivity index (χ2n) is 9.32. The van der Waals surface area contributed by atoms with Crippen LogP contribution in [0.15, 0.2) is 6.07 Å². The monoisotopic (exact) mass is 357 g/mol. The van der Waals surface area contributed by atoms with E-state index in [1.807, 2.05) is 41.5 Å². The van der Waals surface area contributed by atoms with E-state index in [0.717, 1.165) is 0 Å². The van der Waals surface area contributed by atoms with Crippen LogP contribution in [0.4, 0.5) is 14.7 Å². The van der Waals surface area contributed by atoms with Crippen LogP contribution in [-0.2, 0) is 11.8 Å². The molecular weight excluding hydrogens is 325 g/mol. The molecule has 24 heavy (non-hydrogen) atoms. The summed E-state index contributed by atoms with van der Waals surface area (Å²) in [5.41, 5.74) is -0.600. The average Bonchev–Trinajstić information content (AvgIpc) is 2.63. The first-order chi connectivity index (χ1) is 10.5. The highest BCUT2D eigenvalue weighted by molar-refractivity contribution is 6.90. The Kier molecular flexibility index (Phi) is 5.31. The maximum absolute atomic E-state index is 16.4. The summed E-state index contributed by atoms with van der Waals surface area (Å²) in [7, 11) is -1.73. The fraction of sp³-hybridized carbons (Fsp3) is 0.765. The smallest absolute Gasteiger partial charge is 0.413 e. The first-order valence-corrected chi connectivity index (χ1v) is 10.1. The van der Waals surface area contributed by atoms with Gasteiger partial charge < -0.3 is 8.84 Å². The lowest BCUT2D eigenvalue weighted by atomic mass is 10.2. The molecule has 0 unspecified atom stereocenters.